The zero-order valence-electron chi connectivity index (χ0n) is 32.7. The van der Waals surface area contributed by atoms with Crippen LogP contribution in [0.1, 0.15) is 158 Å². The molecule has 0 saturated heterocycles. The third kappa shape index (κ3) is 47.5. The van der Waals surface area contributed by atoms with E-state index in [2.05, 4.69) is 75.0 Å². The molecule has 0 aliphatic rings. The molecular formula is C36H72CuMnN4S8. The Balaban J connectivity index is -0.000000127. The summed E-state index contributed by atoms with van der Waals surface area (Å²) in [6.45, 7) is 25.8. The van der Waals surface area contributed by atoms with Gasteiger partial charge in [-0.3, -0.25) is 0 Å². The summed E-state index contributed by atoms with van der Waals surface area (Å²) in [7, 11) is 0. The zero-order valence-corrected chi connectivity index (χ0v) is 41.4. The van der Waals surface area contributed by atoms with Crippen molar-refractivity contribution in [3.63, 3.8) is 0 Å². The van der Waals surface area contributed by atoms with E-state index < -0.39 is 0 Å². The third-order valence-corrected chi connectivity index (χ3v) is 9.35. The molecule has 0 heterocycles. The largest absolute Gasteiger partial charge is 2.00 e. The SMILES string of the molecule is CCCCN(CCCC)C(=S)[S-].CCCCN(CCCC)C(=S)[S-].CCCCN(CCCC)C(=S)[S-].CCCCN(CCCC)C(=S)[S-].[Cu+2].[Mn+2]. The Morgan fingerprint density at radius 3 is 0.480 bits per heavy atom. The van der Waals surface area contributed by atoms with Gasteiger partial charge in [-0.2, -0.15) is 0 Å². The van der Waals surface area contributed by atoms with E-state index in [4.69, 9.17) is 99.4 Å². The van der Waals surface area contributed by atoms with Crippen LogP contribution in [0.5, 0.6) is 0 Å². The predicted molar refractivity (Wildman–Crippen MR) is 245 cm³/mol. The van der Waals surface area contributed by atoms with E-state index >= 15 is 0 Å². The van der Waals surface area contributed by atoms with Gasteiger partial charge in [0.25, 0.3) is 0 Å². The van der Waals surface area contributed by atoms with Crippen LogP contribution in [0.25, 0.3) is 0 Å². The molecule has 0 aromatic heterocycles. The monoisotopic (exact) mass is 934 g/mol. The van der Waals surface area contributed by atoms with Crippen molar-refractivity contribution in [3.05, 3.63) is 0 Å². The summed E-state index contributed by atoms with van der Waals surface area (Å²) >= 11 is 39.9. The summed E-state index contributed by atoms with van der Waals surface area (Å²) < 4.78 is 2.54. The van der Waals surface area contributed by atoms with Gasteiger partial charge in [-0.05, 0) is 51.4 Å². The number of thiocarbonyl (C=S) groups is 4. The van der Waals surface area contributed by atoms with Crippen LogP contribution < -0.4 is 0 Å². The Morgan fingerprint density at radius 1 is 0.320 bits per heavy atom. The van der Waals surface area contributed by atoms with Crippen LogP contribution in [-0.4, -0.2) is 89.2 Å². The minimum Gasteiger partial charge on any atom is -0.411 e. The van der Waals surface area contributed by atoms with Crippen molar-refractivity contribution in [3.8, 4) is 0 Å². The van der Waals surface area contributed by atoms with E-state index in [9.17, 15) is 0 Å². The molecule has 0 saturated carbocycles. The first-order valence-corrected chi connectivity index (χ1v) is 22.0. The minimum atomic E-state index is 0. The van der Waals surface area contributed by atoms with Crippen molar-refractivity contribution < 1.29 is 34.1 Å². The summed E-state index contributed by atoms with van der Waals surface area (Å²) in [4.78, 5) is 8.55. The number of unbranched alkanes of at least 4 members (excludes halogenated alkanes) is 8. The summed E-state index contributed by atoms with van der Waals surface area (Å²) in [6.07, 6.45) is 19.2. The van der Waals surface area contributed by atoms with Crippen LogP contribution in [0.15, 0.2) is 0 Å². The Labute approximate surface area is 377 Å². The second-order valence-electron chi connectivity index (χ2n) is 11.8. The van der Waals surface area contributed by atoms with Crippen molar-refractivity contribution in [2.24, 2.45) is 0 Å². The molecule has 0 bridgehead atoms. The van der Waals surface area contributed by atoms with Gasteiger partial charge in [0.05, 0.1) is 0 Å². The first kappa shape index (κ1) is 63.4. The maximum atomic E-state index is 4.98. The topological polar surface area (TPSA) is 13.0 Å². The first-order chi connectivity index (χ1) is 22.9. The predicted octanol–water partition coefficient (Wildman–Crippen LogP) is 10.9. The molecule has 0 rings (SSSR count). The van der Waals surface area contributed by atoms with Gasteiger partial charge < -0.3 is 119 Å². The van der Waals surface area contributed by atoms with Gasteiger partial charge in [0, 0.05) is 52.4 Å². The molecule has 0 N–H and O–H groups in total. The normalized spacial score (nSPS) is 9.44. The van der Waals surface area contributed by atoms with E-state index in [0.717, 1.165) is 52.4 Å². The molecule has 0 atom stereocenters. The number of hydrogen-bond acceptors (Lipinski definition) is 8. The fraction of sp³-hybridized carbons (Fsp3) is 0.889. The number of rotatable bonds is 24. The fourth-order valence-corrected chi connectivity index (χ4v) is 5.43. The summed E-state index contributed by atoms with van der Waals surface area (Å²) in [5.41, 5.74) is 0. The summed E-state index contributed by atoms with van der Waals surface area (Å²) in [5.74, 6) is 0. The Hall–Kier alpha value is 1.48. The van der Waals surface area contributed by atoms with Crippen LogP contribution in [-0.2, 0) is 84.7 Å². The van der Waals surface area contributed by atoms with Gasteiger partial charge in [-0.25, -0.2) is 0 Å². The molecular weight excluding hydrogens is 863 g/mol. The molecule has 14 heteroatoms. The molecule has 0 aliphatic carbocycles. The van der Waals surface area contributed by atoms with E-state index in [0.29, 0.717) is 17.3 Å². The van der Waals surface area contributed by atoms with Crippen LogP contribution >= 0.6 is 48.9 Å². The van der Waals surface area contributed by atoms with Crippen molar-refractivity contribution >= 4 is 117 Å². The van der Waals surface area contributed by atoms with Crippen LogP contribution in [0, 0.1) is 0 Å². The van der Waals surface area contributed by atoms with Gasteiger partial charge in [-0.15, -0.1) is 0 Å². The Kier molecular flexibility index (Phi) is 64.0. The van der Waals surface area contributed by atoms with Crippen LogP contribution in [0.2, 0.25) is 0 Å². The number of hydrogen-bond donors (Lipinski definition) is 0. The maximum Gasteiger partial charge on any atom is 2.00 e. The molecule has 0 unspecified atom stereocenters. The van der Waals surface area contributed by atoms with Crippen molar-refractivity contribution in [2.45, 2.75) is 158 Å². The second kappa shape index (κ2) is 50.5. The molecule has 2 radical (unpaired) electrons. The smallest absolute Gasteiger partial charge is 0.411 e. The minimum absolute atomic E-state index is 0. The van der Waals surface area contributed by atoms with Gasteiger partial charge in [0.15, 0.2) is 0 Å². The van der Waals surface area contributed by atoms with Crippen molar-refractivity contribution in [1.82, 2.24) is 19.6 Å². The standard InChI is InChI=1S/4C9H19NS2.Cu.Mn/c4*1-3-5-7-10(9(11)12)8-6-4-2;;/h4*3-8H2,1-2H3,(H,11,12);;/q;;;;2*+2/p-4. The average Bonchev–Trinajstić information content (AvgIpc) is 3.05. The Bertz CT molecular complexity index is 605. The zero-order chi connectivity index (χ0) is 37.6. The molecule has 0 aromatic rings. The molecule has 0 amide bonds. The van der Waals surface area contributed by atoms with E-state index in [1.54, 1.807) is 0 Å². The molecule has 0 fully saturated rings. The first-order valence-electron chi connectivity index (χ1n) is 18.7. The summed E-state index contributed by atoms with van der Waals surface area (Å²) in [6, 6.07) is 0. The van der Waals surface area contributed by atoms with Gasteiger partial charge >= 0.3 is 34.1 Å². The summed E-state index contributed by atoms with van der Waals surface area (Å²) in [5, 5.41) is 0. The Morgan fingerprint density at radius 2 is 0.420 bits per heavy atom. The van der Waals surface area contributed by atoms with Crippen molar-refractivity contribution in [1.29, 1.82) is 0 Å². The van der Waals surface area contributed by atoms with Crippen molar-refractivity contribution in [2.75, 3.05) is 52.4 Å². The van der Waals surface area contributed by atoms with Gasteiger partial charge in [0.2, 0.25) is 0 Å². The quantitative estimate of drug-likeness (QED) is 0.0520. The van der Waals surface area contributed by atoms with Gasteiger partial charge in [0.1, 0.15) is 0 Å². The van der Waals surface area contributed by atoms with Crippen LogP contribution in [0.3, 0.4) is 0 Å². The molecule has 302 valence electrons. The molecule has 0 aliphatic heterocycles. The molecule has 50 heavy (non-hydrogen) atoms. The van der Waals surface area contributed by atoms with E-state index in [1.807, 2.05) is 0 Å². The maximum absolute atomic E-state index is 4.98. The van der Waals surface area contributed by atoms with Crippen LogP contribution in [0.4, 0.5) is 0 Å². The van der Waals surface area contributed by atoms with Gasteiger partial charge in [-0.1, -0.05) is 124 Å². The second-order valence-corrected chi connectivity index (χ2v) is 16.0. The fourth-order valence-electron chi connectivity index (χ4n) is 3.97. The molecule has 0 spiro atoms. The van der Waals surface area contributed by atoms with E-state index in [1.165, 1.54) is 103 Å². The number of nitrogens with zero attached hydrogens (tertiary/aromatic N) is 4. The third-order valence-electron chi connectivity index (χ3n) is 7.29. The van der Waals surface area contributed by atoms with E-state index in [-0.39, 0.29) is 34.1 Å². The molecule has 4 nitrogen and oxygen atoms in total. The molecule has 0 aromatic carbocycles. The average molecular weight is 936 g/mol.